The molecule has 0 bridgehead atoms. The van der Waals surface area contributed by atoms with Gasteiger partial charge in [0.1, 0.15) is 5.75 Å². The van der Waals surface area contributed by atoms with Gasteiger partial charge in [-0.15, -0.1) is 0 Å². The van der Waals surface area contributed by atoms with Crippen molar-refractivity contribution in [1.29, 1.82) is 0 Å². The van der Waals surface area contributed by atoms with Gasteiger partial charge in [-0.3, -0.25) is 9.59 Å². The molecule has 0 aliphatic heterocycles. The Bertz CT molecular complexity index is 489. The van der Waals surface area contributed by atoms with E-state index in [1.165, 1.54) is 17.0 Å². The zero-order chi connectivity index (χ0) is 15.8. The number of phenols is 1. The van der Waals surface area contributed by atoms with Crippen molar-refractivity contribution in [2.24, 2.45) is 0 Å². The molecule has 6 heteroatoms. The fraction of sp³-hybridized carbons (Fsp3) is 0.467. The van der Waals surface area contributed by atoms with Crippen LogP contribution in [0.2, 0.25) is 0 Å². The number of rotatable bonds is 8. The summed E-state index contributed by atoms with van der Waals surface area (Å²) in [6.07, 6.45) is -0.501. The van der Waals surface area contributed by atoms with Gasteiger partial charge in [0.05, 0.1) is 12.6 Å². The van der Waals surface area contributed by atoms with E-state index in [0.717, 1.165) is 0 Å². The molecule has 0 heterocycles. The Morgan fingerprint density at radius 1 is 1.29 bits per heavy atom. The number of aromatic hydroxyl groups is 1. The number of amides is 1. The molecule has 3 N–H and O–H groups in total. The summed E-state index contributed by atoms with van der Waals surface area (Å²) in [6.45, 7) is 2.35. The smallest absolute Gasteiger partial charge is 0.303 e. The van der Waals surface area contributed by atoms with Crippen molar-refractivity contribution in [3.05, 3.63) is 29.8 Å². The predicted molar refractivity (Wildman–Crippen MR) is 76.8 cm³/mol. The minimum atomic E-state index is -0.925. The topological polar surface area (TPSA) is 98.1 Å². The first kappa shape index (κ1) is 17.0. The molecule has 0 aliphatic rings. The summed E-state index contributed by atoms with van der Waals surface area (Å²) in [6, 6.07) is 6.25. The van der Waals surface area contributed by atoms with E-state index >= 15 is 0 Å². The van der Waals surface area contributed by atoms with Crippen LogP contribution in [0.4, 0.5) is 0 Å². The first-order valence-corrected chi connectivity index (χ1v) is 6.90. The Balaban J connectivity index is 2.56. The van der Waals surface area contributed by atoms with Crippen molar-refractivity contribution in [2.75, 3.05) is 13.1 Å². The van der Waals surface area contributed by atoms with Gasteiger partial charge >= 0.3 is 5.97 Å². The summed E-state index contributed by atoms with van der Waals surface area (Å²) in [7, 11) is 0. The van der Waals surface area contributed by atoms with Gasteiger partial charge in [-0.25, -0.2) is 0 Å². The predicted octanol–water partition coefficient (Wildman–Crippen LogP) is 1.53. The van der Waals surface area contributed by atoms with Crippen LogP contribution in [0.3, 0.4) is 0 Å². The first-order chi connectivity index (χ1) is 9.93. The van der Waals surface area contributed by atoms with Gasteiger partial charge in [-0.1, -0.05) is 12.1 Å². The molecular weight excluding hydrogens is 274 g/mol. The zero-order valence-electron chi connectivity index (χ0n) is 12.0. The summed E-state index contributed by atoms with van der Waals surface area (Å²) < 4.78 is 0. The average molecular weight is 295 g/mol. The fourth-order valence-corrected chi connectivity index (χ4v) is 2.00. The molecule has 1 aromatic carbocycles. The summed E-state index contributed by atoms with van der Waals surface area (Å²) in [5.74, 6) is -1.05. The van der Waals surface area contributed by atoms with Crippen molar-refractivity contribution < 1.29 is 24.9 Å². The van der Waals surface area contributed by atoms with Gasteiger partial charge in [-0.05, 0) is 31.0 Å². The first-order valence-electron chi connectivity index (χ1n) is 6.90. The quantitative estimate of drug-likeness (QED) is 0.675. The average Bonchev–Trinajstić information content (AvgIpc) is 2.43. The molecule has 1 rings (SSSR count). The summed E-state index contributed by atoms with van der Waals surface area (Å²) in [5, 5.41) is 28.0. The molecular formula is C15H21NO5. The van der Waals surface area contributed by atoms with E-state index in [1.54, 1.807) is 19.1 Å². The van der Waals surface area contributed by atoms with Crippen LogP contribution in [-0.4, -0.2) is 45.2 Å². The Morgan fingerprint density at radius 3 is 2.57 bits per heavy atom. The second-order valence-electron chi connectivity index (χ2n) is 4.79. The Kier molecular flexibility index (Phi) is 6.68. The van der Waals surface area contributed by atoms with E-state index in [1.807, 2.05) is 0 Å². The van der Waals surface area contributed by atoms with Crippen LogP contribution >= 0.6 is 0 Å². The number of likely N-dealkylation sites (N-methyl/N-ethyl adjacent to an activating group) is 1. The molecule has 0 aliphatic carbocycles. The lowest BCUT2D eigenvalue weighted by Gasteiger charge is -2.24. The molecule has 6 nitrogen and oxygen atoms in total. The number of nitrogens with zero attached hydrogens (tertiary/aromatic N) is 1. The van der Waals surface area contributed by atoms with Crippen LogP contribution in [0.25, 0.3) is 0 Å². The Hall–Kier alpha value is -2.08. The number of carboxylic acids is 1. The lowest BCUT2D eigenvalue weighted by atomic mass is 10.1. The monoisotopic (exact) mass is 295 g/mol. The van der Waals surface area contributed by atoms with E-state index in [2.05, 4.69) is 0 Å². The lowest BCUT2D eigenvalue weighted by molar-refractivity contribution is -0.137. The number of carbonyl (C=O) groups excluding carboxylic acids is 1. The number of phenolic OH excluding ortho intramolecular Hbond substituents is 1. The SMILES string of the molecule is CCN(CC(O)c1cccc(O)c1)C(=O)CCCC(=O)O. The normalized spacial score (nSPS) is 11.9. The third kappa shape index (κ3) is 5.83. The van der Waals surface area contributed by atoms with E-state index in [0.29, 0.717) is 12.1 Å². The minimum absolute atomic E-state index is 0.0432. The second kappa shape index (κ2) is 8.26. The van der Waals surface area contributed by atoms with E-state index in [4.69, 9.17) is 5.11 Å². The molecule has 21 heavy (non-hydrogen) atoms. The van der Waals surface area contributed by atoms with Gasteiger partial charge in [0.2, 0.25) is 5.91 Å². The summed E-state index contributed by atoms with van der Waals surface area (Å²) >= 11 is 0. The molecule has 0 radical (unpaired) electrons. The van der Waals surface area contributed by atoms with Gasteiger partial charge in [0.25, 0.3) is 0 Å². The van der Waals surface area contributed by atoms with Crippen LogP contribution < -0.4 is 0 Å². The van der Waals surface area contributed by atoms with Crippen molar-refractivity contribution in [1.82, 2.24) is 4.90 Å². The van der Waals surface area contributed by atoms with Crippen LogP contribution in [0.5, 0.6) is 5.75 Å². The molecule has 0 fully saturated rings. The van der Waals surface area contributed by atoms with Crippen LogP contribution in [0, 0.1) is 0 Å². The standard InChI is InChI=1S/C15H21NO5/c1-2-16(14(19)7-4-8-15(20)21)10-13(18)11-5-3-6-12(17)9-11/h3,5-6,9,13,17-18H,2,4,7-8,10H2,1H3,(H,20,21). The van der Waals surface area contributed by atoms with E-state index < -0.39 is 12.1 Å². The number of aliphatic carboxylic acids is 1. The summed E-state index contributed by atoms with van der Waals surface area (Å²) in [4.78, 5) is 23.9. The fourth-order valence-electron chi connectivity index (χ4n) is 2.00. The Morgan fingerprint density at radius 2 is 2.00 bits per heavy atom. The number of hydrogen-bond acceptors (Lipinski definition) is 4. The van der Waals surface area contributed by atoms with Crippen molar-refractivity contribution in [3.63, 3.8) is 0 Å². The van der Waals surface area contributed by atoms with Crippen LogP contribution in [-0.2, 0) is 9.59 Å². The third-order valence-corrected chi connectivity index (χ3v) is 3.16. The molecule has 0 aromatic heterocycles. The number of carboxylic acid groups (broad SMARTS) is 1. The number of hydrogen-bond donors (Lipinski definition) is 3. The maximum absolute atomic E-state index is 12.0. The number of carbonyl (C=O) groups is 2. The van der Waals surface area contributed by atoms with Crippen molar-refractivity contribution in [2.45, 2.75) is 32.3 Å². The summed E-state index contributed by atoms with van der Waals surface area (Å²) in [5.41, 5.74) is 0.534. The van der Waals surface area contributed by atoms with Gasteiger partial charge in [0, 0.05) is 19.4 Å². The number of aliphatic hydroxyl groups excluding tert-OH is 1. The highest BCUT2D eigenvalue weighted by Gasteiger charge is 2.17. The van der Waals surface area contributed by atoms with Crippen LogP contribution in [0.1, 0.15) is 37.9 Å². The minimum Gasteiger partial charge on any atom is -0.508 e. The molecule has 1 unspecified atom stereocenters. The molecule has 1 atom stereocenters. The zero-order valence-corrected chi connectivity index (χ0v) is 12.0. The maximum Gasteiger partial charge on any atom is 0.303 e. The van der Waals surface area contributed by atoms with Crippen LogP contribution in [0.15, 0.2) is 24.3 Å². The highest BCUT2D eigenvalue weighted by molar-refractivity contribution is 5.77. The van der Waals surface area contributed by atoms with Gasteiger partial charge < -0.3 is 20.2 Å². The van der Waals surface area contributed by atoms with Crippen molar-refractivity contribution >= 4 is 11.9 Å². The molecule has 0 spiro atoms. The number of benzene rings is 1. The molecule has 0 saturated carbocycles. The molecule has 0 saturated heterocycles. The van der Waals surface area contributed by atoms with E-state index in [-0.39, 0.29) is 37.5 Å². The number of aliphatic hydroxyl groups is 1. The van der Waals surface area contributed by atoms with E-state index in [9.17, 15) is 19.8 Å². The largest absolute Gasteiger partial charge is 0.508 e. The highest BCUT2D eigenvalue weighted by Crippen LogP contribution is 2.19. The third-order valence-electron chi connectivity index (χ3n) is 3.16. The van der Waals surface area contributed by atoms with Gasteiger partial charge in [-0.2, -0.15) is 0 Å². The van der Waals surface area contributed by atoms with Crippen molar-refractivity contribution in [3.8, 4) is 5.75 Å². The maximum atomic E-state index is 12.0. The molecule has 116 valence electrons. The second-order valence-corrected chi connectivity index (χ2v) is 4.79. The molecule has 1 aromatic rings. The highest BCUT2D eigenvalue weighted by atomic mass is 16.4. The molecule has 1 amide bonds. The lowest BCUT2D eigenvalue weighted by Crippen LogP contribution is -2.34. The Labute approximate surface area is 123 Å². The van der Waals surface area contributed by atoms with Gasteiger partial charge in [0.15, 0.2) is 0 Å².